The lowest BCUT2D eigenvalue weighted by Crippen LogP contribution is -2.52. The molecule has 1 fully saturated rings. The Morgan fingerprint density at radius 2 is 1.67 bits per heavy atom. The third-order valence-electron chi connectivity index (χ3n) is 4.46. The van der Waals surface area contributed by atoms with Gasteiger partial charge in [0.05, 0.1) is 5.54 Å². The minimum Gasteiger partial charge on any atom is -0.298 e. The molecule has 106 valence electrons. The molecule has 0 aliphatic heterocycles. The molecule has 1 aliphatic rings. The lowest BCUT2D eigenvalue weighted by molar-refractivity contribution is -0.132. The molecule has 1 rings (SSSR count). The van der Waals surface area contributed by atoms with Crippen LogP contribution < -0.4 is 0 Å². The summed E-state index contributed by atoms with van der Waals surface area (Å²) in [6, 6.07) is 0. The Morgan fingerprint density at radius 1 is 1.11 bits per heavy atom. The van der Waals surface area contributed by atoms with E-state index in [4.69, 9.17) is 0 Å². The van der Waals surface area contributed by atoms with Gasteiger partial charge in [0.15, 0.2) is 5.78 Å². The highest BCUT2D eigenvalue weighted by molar-refractivity contribution is 5.88. The van der Waals surface area contributed by atoms with Crippen LogP contribution in [0.1, 0.15) is 65.7 Å². The van der Waals surface area contributed by atoms with Crippen molar-refractivity contribution < 1.29 is 4.79 Å². The molecule has 0 spiro atoms. The van der Waals surface area contributed by atoms with Gasteiger partial charge in [0, 0.05) is 6.42 Å². The summed E-state index contributed by atoms with van der Waals surface area (Å²) < 4.78 is 0. The third-order valence-corrected chi connectivity index (χ3v) is 4.46. The van der Waals surface area contributed by atoms with E-state index in [1.54, 1.807) is 0 Å². The van der Waals surface area contributed by atoms with Gasteiger partial charge in [-0.25, -0.2) is 0 Å². The molecule has 2 nitrogen and oxygen atoms in total. The SMILES string of the molecule is CC(C)CC(C)CC(=O)C1(N(C)C)CCCCC1. The number of hydrogen-bond acceptors (Lipinski definition) is 2. The lowest BCUT2D eigenvalue weighted by atomic mass is 9.75. The molecule has 1 saturated carbocycles. The Bertz CT molecular complexity index is 264. The van der Waals surface area contributed by atoms with Crippen molar-refractivity contribution in [3.05, 3.63) is 0 Å². The average Bonchev–Trinajstić information content (AvgIpc) is 2.28. The predicted octanol–water partition coefficient (Wildman–Crippen LogP) is 3.89. The van der Waals surface area contributed by atoms with E-state index in [2.05, 4.69) is 39.8 Å². The zero-order valence-corrected chi connectivity index (χ0v) is 13.0. The van der Waals surface area contributed by atoms with Crippen LogP contribution in [0.4, 0.5) is 0 Å². The Balaban J connectivity index is 2.65. The summed E-state index contributed by atoms with van der Waals surface area (Å²) in [4.78, 5) is 14.9. The van der Waals surface area contributed by atoms with Gasteiger partial charge >= 0.3 is 0 Å². The standard InChI is InChI=1S/C16H31NO/c1-13(2)11-14(3)12-15(18)16(17(4)5)9-7-6-8-10-16/h13-14H,6-12H2,1-5H3. The summed E-state index contributed by atoms with van der Waals surface area (Å²) in [7, 11) is 4.16. The minimum atomic E-state index is -0.149. The van der Waals surface area contributed by atoms with Crippen molar-refractivity contribution in [1.82, 2.24) is 4.90 Å². The van der Waals surface area contributed by atoms with E-state index in [0.29, 0.717) is 17.6 Å². The van der Waals surface area contributed by atoms with Gasteiger partial charge in [-0.2, -0.15) is 0 Å². The van der Waals surface area contributed by atoms with E-state index in [1.165, 1.54) is 19.3 Å². The fourth-order valence-electron chi connectivity index (χ4n) is 3.51. The number of Topliss-reactive ketones (excluding diaryl/α,β-unsaturated/α-hetero) is 1. The molecule has 0 aromatic rings. The first-order chi connectivity index (χ1) is 8.38. The number of rotatable bonds is 6. The van der Waals surface area contributed by atoms with Crippen LogP contribution in [0.2, 0.25) is 0 Å². The van der Waals surface area contributed by atoms with E-state index >= 15 is 0 Å². The maximum atomic E-state index is 12.7. The van der Waals surface area contributed by atoms with E-state index in [1.807, 2.05) is 0 Å². The van der Waals surface area contributed by atoms with Crippen LogP contribution in [-0.4, -0.2) is 30.3 Å². The number of nitrogens with zero attached hydrogens (tertiary/aromatic N) is 1. The van der Waals surface area contributed by atoms with Gasteiger partial charge in [0.2, 0.25) is 0 Å². The molecule has 0 bridgehead atoms. The summed E-state index contributed by atoms with van der Waals surface area (Å²) in [5.41, 5.74) is -0.149. The van der Waals surface area contributed by atoms with Crippen LogP contribution in [-0.2, 0) is 4.79 Å². The molecule has 2 heteroatoms. The van der Waals surface area contributed by atoms with Crippen LogP contribution >= 0.6 is 0 Å². The Hall–Kier alpha value is -0.370. The van der Waals surface area contributed by atoms with Crippen LogP contribution in [0.25, 0.3) is 0 Å². The van der Waals surface area contributed by atoms with E-state index in [0.717, 1.165) is 25.7 Å². The number of likely N-dealkylation sites (N-methyl/N-ethyl adjacent to an activating group) is 1. The molecule has 0 aromatic heterocycles. The lowest BCUT2D eigenvalue weighted by Gasteiger charge is -2.42. The summed E-state index contributed by atoms with van der Waals surface area (Å²) in [5.74, 6) is 1.70. The monoisotopic (exact) mass is 253 g/mol. The van der Waals surface area contributed by atoms with E-state index < -0.39 is 0 Å². The van der Waals surface area contributed by atoms with Gasteiger partial charge in [-0.15, -0.1) is 0 Å². The molecule has 1 aliphatic carbocycles. The fourth-order valence-corrected chi connectivity index (χ4v) is 3.51. The third kappa shape index (κ3) is 3.81. The van der Waals surface area contributed by atoms with Crippen molar-refractivity contribution in [3.8, 4) is 0 Å². The molecule has 0 heterocycles. The first kappa shape index (κ1) is 15.7. The highest BCUT2D eigenvalue weighted by Gasteiger charge is 2.41. The van der Waals surface area contributed by atoms with Crippen LogP contribution in [0.5, 0.6) is 0 Å². The largest absolute Gasteiger partial charge is 0.298 e. The zero-order valence-electron chi connectivity index (χ0n) is 13.0. The normalized spacial score (nSPS) is 21.3. The van der Waals surface area contributed by atoms with Crippen molar-refractivity contribution in [2.45, 2.75) is 71.3 Å². The first-order valence-electron chi connectivity index (χ1n) is 7.59. The molecule has 18 heavy (non-hydrogen) atoms. The molecule has 1 atom stereocenters. The molecule has 0 N–H and O–H groups in total. The van der Waals surface area contributed by atoms with Gasteiger partial charge < -0.3 is 0 Å². The maximum absolute atomic E-state index is 12.7. The maximum Gasteiger partial charge on any atom is 0.153 e. The van der Waals surface area contributed by atoms with Gasteiger partial charge in [0.1, 0.15) is 0 Å². The van der Waals surface area contributed by atoms with Crippen molar-refractivity contribution in [2.24, 2.45) is 11.8 Å². The first-order valence-corrected chi connectivity index (χ1v) is 7.59. The highest BCUT2D eigenvalue weighted by atomic mass is 16.1. The van der Waals surface area contributed by atoms with Crippen molar-refractivity contribution in [1.29, 1.82) is 0 Å². The van der Waals surface area contributed by atoms with Crippen LogP contribution in [0, 0.1) is 11.8 Å². The molecule has 0 amide bonds. The fraction of sp³-hybridized carbons (Fsp3) is 0.938. The quantitative estimate of drug-likeness (QED) is 0.715. The topological polar surface area (TPSA) is 20.3 Å². The Labute approximate surface area is 113 Å². The van der Waals surface area contributed by atoms with Gasteiger partial charge in [-0.1, -0.05) is 40.0 Å². The predicted molar refractivity (Wildman–Crippen MR) is 77.7 cm³/mol. The summed E-state index contributed by atoms with van der Waals surface area (Å²) in [6.07, 6.45) is 7.77. The van der Waals surface area contributed by atoms with Crippen LogP contribution in [0.3, 0.4) is 0 Å². The number of carbonyl (C=O) groups is 1. The average molecular weight is 253 g/mol. The molecular formula is C16H31NO. The van der Waals surface area contributed by atoms with Gasteiger partial charge in [-0.3, -0.25) is 9.69 Å². The number of hydrogen-bond donors (Lipinski definition) is 0. The Kier molecular flexibility index (Phi) is 5.84. The van der Waals surface area contributed by atoms with Gasteiger partial charge in [0.25, 0.3) is 0 Å². The number of carbonyl (C=O) groups excluding carboxylic acids is 1. The minimum absolute atomic E-state index is 0.149. The van der Waals surface area contributed by atoms with E-state index in [-0.39, 0.29) is 5.54 Å². The second-order valence-corrected chi connectivity index (χ2v) is 6.85. The zero-order chi connectivity index (χ0) is 13.8. The molecule has 0 aromatic carbocycles. The van der Waals surface area contributed by atoms with Crippen molar-refractivity contribution >= 4 is 5.78 Å². The van der Waals surface area contributed by atoms with Gasteiger partial charge in [-0.05, 0) is 45.2 Å². The summed E-state index contributed by atoms with van der Waals surface area (Å²) in [5, 5.41) is 0. The van der Waals surface area contributed by atoms with E-state index in [9.17, 15) is 4.79 Å². The Morgan fingerprint density at radius 3 is 2.11 bits per heavy atom. The second kappa shape index (κ2) is 6.70. The van der Waals surface area contributed by atoms with Crippen molar-refractivity contribution in [2.75, 3.05) is 14.1 Å². The smallest absolute Gasteiger partial charge is 0.153 e. The molecular weight excluding hydrogens is 222 g/mol. The molecule has 0 saturated heterocycles. The summed E-state index contributed by atoms with van der Waals surface area (Å²) in [6.45, 7) is 6.71. The number of ketones is 1. The van der Waals surface area contributed by atoms with Crippen molar-refractivity contribution in [3.63, 3.8) is 0 Å². The molecule has 0 radical (unpaired) electrons. The second-order valence-electron chi connectivity index (χ2n) is 6.85. The molecule has 1 unspecified atom stereocenters. The highest BCUT2D eigenvalue weighted by Crippen LogP contribution is 2.35. The summed E-state index contributed by atoms with van der Waals surface area (Å²) >= 11 is 0. The van der Waals surface area contributed by atoms with Crippen LogP contribution in [0.15, 0.2) is 0 Å².